The van der Waals surface area contributed by atoms with Crippen LogP contribution in [0, 0.1) is 5.82 Å². The third-order valence-electron chi connectivity index (χ3n) is 4.37. The third kappa shape index (κ3) is 5.59. The maximum atomic E-state index is 14.3. The molecule has 1 fully saturated rings. The van der Waals surface area contributed by atoms with E-state index < -0.39 is 53.8 Å². The molecule has 0 spiro atoms. The zero-order valence-electron chi connectivity index (χ0n) is 16.0. The van der Waals surface area contributed by atoms with Crippen LogP contribution in [0.15, 0.2) is 12.5 Å². The molecule has 3 rings (SSSR count). The molecule has 0 aromatic carbocycles. The molecule has 0 bridgehead atoms. The largest absolute Gasteiger partial charge is 0.490 e. The Bertz CT molecular complexity index is 1170. The van der Waals surface area contributed by atoms with Gasteiger partial charge in [-0.3, -0.25) is 4.52 Å². The van der Waals surface area contributed by atoms with E-state index in [-0.39, 0.29) is 23.3 Å². The summed E-state index contributed by atoms with van der Waals surface area (Å²) in [5.41, 5.74) is 4.00. The molecular formula is C12H18FN4O12P3. The monoisotopic (exact) mass is 522 g/mol. The molecule has 16 nitrogen and oxygen atoms in total. The van der Waals surface area contributed by atoms with Gasteiger partial charge in [-0.25, -0.2) is 28.1 Å². The highest BCUT2D eigenvalue weighted by molar-refractivity contribution is 7.66. The van der Waals surface area contributed by atoms with Crippen LogP contribution in [-0.4, -0.2) is 57.5 Å². The van der Waals surface area contributed by atoms with E-state index >= 15 is 0 Å². The summed E-state index contributed by atoms with van der Waals surface area (Å²) < 4.78 is 66.9. The fourth-order valence-electron chi connectivity index (χ4n) is 2.97. The average molecular weight is 522 g/mol. The van der Waals surface area contributed by atoms with Crippen molar-refractivity contribution in [3.63, 3.8) is 0 Å². The number of nitrogens with two attached hydrogens (primary N) is 1. The maximum Gasteiger partial charge on any atom is 0.490 e. The van der Waals surface area contributed by atoms with E-state index in [0.717, 1.165) is 12.5 Å². The van der Waals surface area contributed by atoms with Crippen LogP contribution >= 0.6 is 23.5 Å². The molecule has 180 valence electrons. The molecule has 1 aliphatic heterocycles. The number of halogens is 1. The van der Waals surface area contributed by atoms with Crippen molar-refractivity contribution in [3.8, 4) is 0 Å². The normalized spacial score (nSPS) is 28.0. The Labute approximate surface area is 178 Å². The van der Waals surface area contributed by atoms with Crippen LogP contribution < -0.4 is 5.73 Å². The SMILES string of the molecule is C[C@]1(COP(=O)(O)OP(=O)(O)OP(=O)(O)O)O[C@@H](n2cc(F)c3c(N)ncnc32)C[C@@H]1O. The van der Waals surface area contributed by atoms with Crippen molar-refractivity contribution in [3.05, 3.63) is 18.3 Å². The predicted octanol–water partition coefficient (Wildman–Crippen LogP) is 0.534. The fraction of sp³-hybridized carbons (Fsp3) is 0.500. The molecular weight excluding hydrogens is 504 g/mol. The smallest absolute Gasteiger partial charge is 0.390 e. The highest BCUT2D eigenvalue weighted by Crippen LogP contribution is 2.66. The molecule has 0 radical (unpaired) electrons. The molecule has 7 N–H and O–H groups in total. The van der Waals surface area contributed by atoms with Crippen molar-refractivity contribution in [2.45, 2.75) is 31.3 Å². The quantitative estimate of drug-likeness (QED) is 0.259. The molecule has 2 unspecified atom stereocenters. The van der Waals surface area contributed by atoms with Gasteiger partial charge in [0.05, 0.1) is 18.1 Å². The van der Waals surface area contributed by atoms with Gasteiger partial charge < -0.3 is 39.7 Å². The van der Waals surface area contributed by atoms with Crippen LogP contribution in [0.4, 0.5) is 10.2 Å². The van der Waals surface area contributed by atoms with Gasteiger partial charge in [-0.05, 0) is 6.92 Å². The van der Waals surface area contributed by atoms with Crippen molar-refractivity contribution < 1.29 is 60.6 Å². The Morgan fingerprint density at radius 1 is 1.25 bits per heavy atom. The van der Waals surface area contributed by atoms with Crippen LogP contribution in [-0.2, 0) is 31.6 Å². The standard InChI is InChI=1S/C12H18FN4O12P3/c1-12(4-26-31(22,23)29-32(24,25)28-30(19,20)21)7(18)2-8(27-12)17-3-6(13)9-10(14)15-5-16-11(9)17/h3,5,7-8,18H,2,4H2,1H3,(H,22,23)(H,24,25)(H2,14,15,16)(H2,19,20,21)/t7-,8+,12+/m0/s1. The average Bonchev–Trinajstić information content (AvgIpc) is 3.09. The van der Waals surface area contributed by atoms with Crippen molar-refractivity contribution in [2.24, 2.45) is 0 Å². The minimum atomic E-state index is -5.70. The molecule has 0 saturated carbocycles. The van der Waals surface area contributed by atoms with Crippen molar-refractivity contribution in [1.29, 1.82) is 0 Å². The van der Waals surface area contributed by atoms with Crippen molar-refractivity contribution in [2.75, 3.05) is 12.3 Å². The number of aromatic nitrogens is 3. The lowest BCUT2D eigenvalue weighted by Gasteiger charge is -2.28. The first-order valence-electron chi connectivity index (χ1n) is 8.43. The maximum absolute atomic E-state index is 14.3. The number of aliphatic hydroxyl groups is 1. The van der Waals surface area contributed by atoms with Gasteiger partial charge in [0.25, 0.3) is 0 Å². The predicted molar refractivity (Wildman–Crippen MR) is 101 cm³/mol. The Balaban J connectivity index is 1.74. The molecule has 2 aromatic heterocycles. The summed E-state index contributed by atoms with van der Waals surface area (Å²) >= 11 is 0. The zero-order chi connectivity index (χ0) is 24.1. The number of fused-ring (bicyclic) bond motifs is 1. The first kappa shape index (κ1) is 25.3. The van der Waals surface area contributed by atoms with E-state index in [1.54, 1.807) is 0 Å². The van der Waals surface area contributed by atoms with E-state index in [4.69, 9.17) is 20.3 Å². The lowest BCUT2D eigenvalue weighted by molar-refractivity contribution is -0.113. The summed E-state index contributed by atoms with van der Waals surface area (Å²) in [6.45, 7) is 0.362. The van der Waals surface area contributed by atoms with Crippen LogP contribution in [0.25, 0.3) is 11.0 Å². The Kier molecular flexibility index (Phi) is 6.70. The van der Waals surface area contributed by atoms with Gasteiger partial charge in [0.1, 0.15) is 24.0 Å². The topological polar surface area (TPSA) is 246 Å². The van der Waals surface area contributed by atoms with Crippen molar-refractivity contribution in [1.82, 2.24) is 14.5 Å². The van der Waals surface area contributed by atoms with Gasteiger partial charge in [0.2, 0.25) is 0 Å². The van der Waals surface area contributed by atoms with Crippen molar-refractivity contribution >= 4 is 40.3 Å². The van der Waals surface area contributed by atoms with Crippen LogP contribution in [0.1, 0.15) is 19.6 Å². The zero-order valence-corrected chi connectivity index (χ0v) is 18.6. The summed E-state index contributed by atoms with van der Waals surface area (Å²) in [7, 11) is -16.7. The van der Waals surface area contributed by atoms with Gasteiger partial charge in [-0.2, -0.15) is 8.62 Å². The second kappa shape index (κ2) is 8.47. The van der Waals surface area contributed by atoms with E-state index in [1.807, 2.05) is 0 Å². The number of phosphoric acid groups is 3. The molecule has 5 atom stereocenters. The number of nitrogen functional groups attached to an aromatic ring is 1. The van der Waals surface area contributed by atoms with E-state index in [0.29, 0.717) is 0 Å². The second-order valence-electron chi connectivity index (χ2n) is 6.84. The second-order valence-corrected chi connectivity index (χ2v) is 11.3. The summed E-state index contributed by atoms with van der Waals surface area (Å²) in [4.78, 5) is 43.4. The Morgan fingerprint density at radius 3 is 2.53 bits per heavy atom. The number of hydrogen-bond acceptors (Lipinski definition) is 11. The molecule has 32 heavy (non-hydrogen) atoms. The first-order valence-corrected chi connectivity index (χ1v) is 12.9. The third-order valence-corrected chi connectivity index (χ3v) is 8.15. The molecule has 2 aromatic rings. The molecule has 1 saturated heterocycles. The van der Waals surface area contributed by atoms with Gasteiger partial charge in [0, 0.05) is 12.6 Å². The summed E-state index contributed by atoms with van der Waals surface area (Å²) in [5.74, 6) is -0.877. The van der Waals surface area contributed by atoms with Gasteiger partial charge in [0.15, 0.2) is 11.5 Å². The lowest BCUT2D eigenvalue weighted by atomic mass is 10.0. The van der Waals surface area contributed by atoms with E-state index in [2.05, 4.69) is 23.1 Å². The number of phosphoric ester groups is 1. The number of hydrogen-bond donors (Lipinski definition) is 6. The van der Waals surface area contributed by atoms with Crippen LogP contribution in [0.5, 0.6) is 0 Å². The van der Waals surface area contributed by atoms with Gasteiger partial charge in [-0.1, -0.05) is 0 Å². The Morgan fingerprint density at radius 2 is 1.91 bits per heavy atom. The van der Waals surface area contributed by atoms with Crippen LogP contribution in [0.2, 0.25) is 0 Å². The molecule has 0 aliphatic carbocycles. The summed E-state index contributed by atoms with van der Waals surface area (Å²) in [6.07, 6.45) is -0.418. The number of nitrogens with zero attached hydrogens (tertiary/aromatic N) is 3. The summed E-state index contributed by atoms with van der Waals surface area (Å²) in [5, 5.41) is 10.3. The molecule has 20 heteroatoms. The summed E-state index contributed by atoms with van der Waals surface area (Å²) in [6, 6.07) is 0. The van der Waals surface area contributed by atoms with Crippen LogP contribution in [0.3, 0.4) is 0 Å². The minimum Gasteiger partial charge on any atom is -0.390 e. The number of ether oxygens (including phenoxy) is 1. The number of aliphatic hydroxyl groups excluding tert-OH is 1. The van der Waals surface area contributed by atoms with E-state index in [9.17, 15) is 33.0 Å². The van der Waals surface area contributed by atoms with Gasteiger partial charge in [-0.15, -0.1) is 0 Å². The molecule has 1 aliphatic rings. The fourth-order valence-corrected chi connectivity index (χ4v) is 6.09. The Hall–Kier alpha value is -1.32. The molecule has 3 heterocycles. The minimum absolute atomic E-state index is 0.0596. The lowest BCUT2D eigenvalue weighted by Crippen LogP contribution is -2.40. The molecule has 0 amide bonds. The van der Waals surface area contributed by atoms with Gasteiger partial charge >= 0.3 is 23.5 Å². The van der Waals surface area contributed by atoms with E-state index in [1.165, 1.54) is 11.5 Å². The highest BCUT2D eigenvalue weighted by atomic mass is 31.3. The first-order chi connectivity index (χ1) is 14.5. The number of anilines is 1. The highest BCUT2D eigenvalue weighted by Gasteiger charge is 2.48. The number of rotatable bonds is 8.